The zero-order chi connectivity index (χ0) is 27.5. The van der Waals surface area contributed by atoms with E-state index in [1.807, 2.05) is 60.7 Å². The highest BCUT2D eigenvalue weighted by Gasteiger charge is 2.43. The zero-order valence-electron chi connectivity index (χ0n) is 22.0. The summed E-state index contributed by atoms with van der Waals surface area (Å²) in [5.74, 6) is -0.0926. The lowest BCUT2D eigenvalue weighted by Crippen LogP contribution is -2.55. The van der Waals surface area contributed by atoms with Crippen LogP contribution in [0.2, 0.25) is 10.0 Å². The molecule has 0 saturated carbocycles. The molecule has 1 N–H and O–H groups in total. The van der Waals surface area contributed by atoms with Gasteiger partial charge in [-0.25, -0.2) is 0 Å². The number of halogens is 2. The van der Waals surface area contributed by atoms with Crippen LogP contribution in [0.5, 0.6) is 0 Å². The highest BCUT2D eigenvalue weighted by Crippen LogP contribution is 2.39. The highest BCUT2D eigenvalue weighted by molar-refractivity contribution is 6.42. The lowest BCUT2D eigenvalue weighted by Gasteiger charge is -2.46. The summed E-state index contributed by atoms with van der Waals surface area (Å²) < 4.78 is 6.39. The van der Waals surface area contributed by atoms with Gasteiger partial charge < -0.3 is 19.9 Å². The number of likely N-dealkylation sites (tertiary alicyclic amines) is 1. The topological polar surface area (TPSA) is 61.9 Å². The third-order valence-corrected chi connectivity index (χ3v) is 8.72. The number of carbonyl (C=O) groups excluding carboxylic acids is 2. The zero-order valence-corrected chi connectivity index (χ0v) is 23.5. The minimum atomic E-state index is -0.746. The molecule has 3 aromatic carbocycles. The number of benzene rings is 3. The average Bonchev–Trinajstić information content (AvgIpc) is 2.96. The average molecular weight is 567 g/mol. The SMILES string of the molecule is CC(=O)NC1(c2ccccc2)CCN(CCC2(c3ccc(Cl)c(Cl)c3)CN(c3ccccc3)C(=O)CO2)CC1. The summed E-state index contributed by atoms with van der Waals surface area (Å²) in [7, 11) is 0. The Bertz CT molecular complexity index is 1310. The normalized spacial score (nSPS) is 21.5. The predicted molar refractivity (Wildman–Crippen MR) is 155 cm³/mol. The molecule has 0 aliphatic carbocycles. The first-order valence-electron chi connectivity index (χ1n) is 13.3. The first-order chi connectivity index (χ1) is 18.8. The molecule has 2 aliphatic heterocycles. The summed E-state index contributed by atoms with van der Waals surface area (Å²) in [5.41, 5.74) is 1.77. The summed E-state index contributed by atoms with van der Waals surface area (Å²) in [5, 5.41) is 4.19. The lowest BCUT2D eigenvalue weighted by atomic mass is 9.80. The molecule has 8 heteroatoms. The van der Waals surface area contributed by atoms with Crippen molar-refractivity contribution >= 4 is 40.7 Å². The van der Waals surface area contributed by atoms with Crippen LogP contribution >= 0.6 is 23.2 Å². The van der Waals surface area contributed by atoms with Gasteiger partial charge in [0, 0.05) is 32.2 Å². The second-order valence-corrected chi connectivity index (χ2v) is 11.3. The van der Waals surface area contributed by atoms with Crippen molar-refractivity contribution in [2.75, 3.05) is 37.7 Å². The molecule has 1 atom stereocenters. The molecule has 0 bridgehead atoms. The summed E-state index contributed by atoms with van der Waals surface area (Å²) >= 11 is 12.7. The summed E-state index contributed by atoms with van der Waals surface area (Å²) in [6.45, 7) is 4.36. The van der Waals surface area contributed by atoms with Gasteiger partial charge in [0.05, 0.1) is 22.1 Å². The van der Waals surface area contributed by atoms with E-state index in [2.05, 4.69) is 22.3 Å². The third-order valence-electron chi connectivity index (χ3n) is 7.98. The minimum Gasteiger partial charge on any atom is -0.359 e. The van der Waals surface area contributed by atoms with Crippen LogP contribution in [0.3, 0.4) is 0 Å². The van der Waals surface area contributed by atoms with Crippen molar-refractivity contribution in [1.29, 1.82) is 0 Å². The lowest BCUT2D eigenvalue weighted by molar-refractivity contribution is -0.141. The smallest absolute Gasteiger partial charge is 0.253 e. The van der Waals surface area contributed by atoms with E-state index >= 15 is 0 Å². The molecule has 2 fully saturated rings. The molecule has 2 heterocycles. The van der Waals surface area contributed by atoms with Gasteiger partial charge in [0.15, 0.2) is 0 Å². The van der Waals surface area contributed by atoms with Crippen LogP contribution in [-0.2, 0) is 25.5 Å². The van der Waals surface area contributed by atoms with Crippen LogP contribution in [0.1, 0.15) is 37.3 Å². The van der Waals surface area contributed by atoms with Crippen LogP contribution in [0.25, 0.3) is 0 Å². The Kier molecular flexibility index (Phi) is 8.29. The molecular formula is C31H33Cl2N3O3. The second kappa shape index (κ2) is 11.7. The number of hydrogen-bond donors (Lipinski definition) is 1. The number of piperidine rings is 1. The van der Waals surface area contributed by atoms with Crippen LogP contribution in [0, 0.1) is 0 Å². The van der Waals surface area contributed by atoms with Gasteiger partial charge in [0.1, 0.15) is 12.2 Å². The van der Waals surface area contributed by atoms with E-state index in [4.69, 9.17) is 27.9 Å². The minimum absolute atomic E-state index is 0.0191. The molecule has 5 rings (SSSR count). The first-order valence-corrected chi connectivity index (χ1v) is 14.1. The fraction of sp³-hybridized carbons (Fsp3) is 0.355. The molecule has 0 radical (unpaired) electrons. The van der Waals surface area contributed by atoms with Gasteiger partial charge in [-0.2, -0.15) is 0 Å². The Balaban J connectivity index is 1.37. The van der Waals surface area contributed by atoms with Crippen molar-refractivity contribution in [3.63, 3.8) is 0 Å². The number of para-hydroxylation sites is 1. The second-order valence-electron chi connectivity index (χ2n) is 10.4. The maximum absolute atomic E-state index is 12.9. The fourth-order valence-corrected chi connectivity index (χ4v) is 6.14. The summed E-state index contributed by atoms with van der Waals surface area (Å²) in [6.07, 6.45) is 2.29. The van der Waals surface area contributed by atoms with E-state index in [9.17, 15) is 9.59 Å². The van der Waals surface area contributed by atoms with Crippen molar-refractivity contribution in [3.8, 4) is 0 Å². The van der Waals surface area contributed by atoms with Crippen LogP contribution in [0.4, 0.5) is 5.69 Å². The van der Waals surface area contributed by atoms with E-state index in [0.717, 1.165) is 49.3 Å². The van der Waals surface area contributed by atoms with Gasteiger partial charge in [-0.1, -0.05) is 77.8 Å². The van der Waals surface area contributed by atoms with Gasteiger partial charge in [-0.15, -0.1) is 0 Å². The van der Waals surface area contributed by atoms with Crippen LogP contribution < -0.4 is 10.2 Å². The number of amides is 2. The van der Waals surface area contributed by atoms with Crippen molar-refractivity contribution in [2.24, 2.45) is 0 Å². The van der Waals surface area contributed by atoms with Crippen molar-refractivity contribution in [1.82, 2.24) is 10.2 Å². The molecular weight excluding hydrogens is 533 g/mol. The van der Waals surface area contributed by atoms with E-state index in [-0.39, 0.29) is 24.0 Å². The third kappa shape index (κ3) is 5.99. The number of nitrogens with one attached hydrogen (secondary N) is 1. The number of carbonyl (C=O) groups is 2. The molecule has 2 amide bonds. The largest absolute Gasteiger partial charge is 0.359 e. The van der Waals surface area contributed by atoms with Crippen molar-refractivity contribution in [3.05, 3.63) is 100 Å². The molecule has 1 unspecified atom stereocenters. The predicted octanol–water partition coefficient (Wildman–Crippen LogP) is 5.77. The molecule has 6 nitrogen and oxygen atoms in total. The van der Waals surface area contributed by atoms with Crippen LogP contribution in [0.15, 0.2) is 78.9 Å². The molecule has 2 saturated heterocycles. The van der Waals surface area contributed by atoms with E-state index in [1.165, 1.54) is 0 Å². The maximum Gasteiger partial charge on any atom is 0.253 e. The number of nitrogens with zero attached hydrogens (tertiary/aromatic N) is 2. The number of ether oxygens (including phenoxy) is 1. The molecule has 204 valence electrons. The number of morpholine rings is 1. The monoisotopic (exact) mass is 565 g/mol. The quantitative estimate of drug-likeness (QED) is 0.395. The van der Waals surface area contributed by atoms with E-state index in [1.54, 1.807) is 17.9 Å². The highest BCUT2D eigenvalue weighted by atomic mass is 35.5. The molecule has 39 heavy (non-hydrogen) atoms. The van der Waals surface area contributed by atoms with E-state index < -0.39 is 5.60 Å². The Hall–Kier alpha value is -2.90. The van der Waals surface area contributed by atoms with E-state index in [0.29, 0.717) is 23.0 Å². The van der Waals surface area contributed by atoms with Crippen molar-refractivity contribution < 1.29 is 14.3 Å². The van der Waals surface area contributed by atoms with Gasteiger partial charge in [-0.3, -0.25) is 9.59 Å². The fourth-order valence-electron chi connectivity index (χ4n) is 5.84. The van der Waals surface area contributed by atoms with Gasteiger partial charge in [0.25, 0.3) is 5.91 Å². The summed E-state index contributed by atoms with van der Waals surface area (Å²) in [6, 6.07) is 25.5. The molecule has 0 aromatic heterocycles. The number of anilines is 1. The Labute approximate surface area is 239 Å². The van der Waals surface area contributed by atoms with Gasteiger partial charge in [0.2, 0.25) is 5.91 Å². The standard InChI is InChI=1S/C31H33Cl2N3O3/c1-23(37)34-30(24-8-4-2-5-9-24)14-17-35(18-15-30)19-16-31(25-12-13-27(32)28(33)20-25)22-36(29(38)21-39-31)26-10-6-3-7-11-26/h2-13,20H,14-19,21-22H2,1H3,(H,34,37). The molecule has 2 aliphatic rings. The van der Waals surface area contributed by atoms with Crippen molar-refractivity contribution in [2.45, 2.75) is 37.3 Å². The number of hydrogen-bond acceptors (Lipinski definition) is 4. The molecule has 0 spiro atoms. The first kappa shape index (κ1) is 27.7. The van der Waals surface area contributed by atoms with Gasteiger partial charge >= 0.3 is 0 Å². The number of rotatable bonds is 7. The summed E-state index contributed by atoms with van der Waals surface area (Å²) in [4.78, 5) is 29.3. The Morgan fingerprint density at radius 3 is 2.23 bits per heavy atom. The van der Waals surface area contributed by atoms with Crippen LogP contribution in [-0.4, -0.2) is 49.5 Å². The molecule has 3 aromatic rings. The maximum atomic E-state index is 12.9. The van der Waals surface area contributed by atoms with Gasteiger partial charge in [-0.05, 0) is 54.7 Å². The Morgan fingerprint density at radius 2 is 1.59 bits per heavy atom. The Morgan fingerprint density at radius 1 is 0.923 bits per heavy atom.